The zero-order valence-electron chi connectivity index (χ0n) is 11.3. The molecule has 0 saturated heterocycles. The molecule has 1 N–H and O–H groups in total. The second-order valence-corrected chi connectivity index (χ2v) is 5.17. The van der Waals surface area contributed by atoms with E-state index < -0.39 is 5.97 Å². The van der Waals surface area contributed by atoms with Gasteiger partial charge < -0.3 is 5.11 Å². The number of halogens is 1. The number of para-hydroxylation sites is 1. The van der Waals surface area contributed by atoms with Gasteiger partial charge in [0, 0.05) is 10.9 Å². The molecule has 0 fully saturated rings. The number of aromatic nitrogens is 1. The molecule has 3 nitrogen and oxygen atoms in total. The molecule has 0 bridgehead atoms. The summed E-state index contributed by atoms with van der Waals surface area (Å²) in [4.78, 5) is 16.3. The molecule has 0 saturated carbocycles. The van der Waals surface area contributed by atoms with Crippen LogP contribution in [0, 0.1) is 6.92 Å². The first-order valence-corrected chi connectivity index (χ1v) is 6.85. The number of rotatable bonds is 2. The molecule has 0 aliphatic carbocycles. The molecule has 0 spiro atoms. The normalized spacial score (nSPS) is 10.8. The molecule has 3 aromatic rings. The lowest BCUT2D eigenvalue weighted by Gasteiger charge is -2.12. The molecule has 1 aromatic heterocycles. The van der Waals surface area contributed by atoms with E-state index in [2.05, 4.69) is 4.98 Å². The molecule has 0 unspecified atom stereocenters. The fourth-order valence-electron chi connectivity index (χ4n) is 2.50. The minimum Gasteiger partial charge on any atom is -0.478 e. The molecule has 0 aliphatic rings. The lowest BCUT2D eigenvalue weighted by Crippen LogP contribution is -2.05. The molecular formula is C17H12ClNO2. The topological polar surface area (TPSA) is 50.2 Å². The first-order chi connectivity index (χ1) is 10.1. The maximum Gasteiger partial charge on any atom is 0.336 e. The van der Waals surface area contributed by atoms with Crippen molar-refractivity contribution in [2.75, 3.05) is 0 Å². The molecule has 4 heteroatoms. The predicted molar refractivity (Wildman–Crippen MR) is 83.9 cm³/mol. The van der Waals surface area contributed by atoms with Crippen LogP contribution in [0.4, 0.5) is 0 Å². The van der Waals surface area contributed by atoms with Gasteiger partial charge in [-0.2, -0.15) is 0 Å². The zero-order valence-corrected chi connectivity index (χ0v) is 12.1. The van der Waals surface area contributed by atoms with E-state index in [1.807, 2.05) is 30.3 Å². The van der Waals surface area contributed by atoms with Gasteiger partial charge in [-0.15, -0.1) is 0 Å². The Bertz CT molecular complexity index is 844. The number of carboxylic acids is 1. The third-order valence-corrected chi connectivity index (χ3v) is 3.78. The van der Waals surface area contributed by atoms with Gasteiger partial charge in [-0.25, -0.2) is 9.78 Å². The minimum absolute atomic E-state index is 0.251. The average molecular weight is 298 g/mol. The highest BCUT2D eigenvalue weighted by atomic mass is 35.5. The van der Waals surface area contributed by atoms with Crippen molar-refractivity contribution in [2.24, 2.45) is 0 Å². The maximum absolute atomic E-state index is 11.7. The van der Waals surface area contributed by atoms with Gasteiger partial charge in [0.2, 0.25) is 0 Å². The van der Waals surface area contributed by atoms with E-state index in [1.54, 1.807) is 25.1 Å². The van der Waals surface area contributed by atoms with Crippen molar-refractivity contribution in [2.45, 2.75) is 6.92 Å². The van der Waals surface area contributed by atoms with Gasteiger partial charge in [0.25, 0.3) is 0 Å². The highest BCUT2D eigenvalue weighted by molar-refractivity contribution is 6.35. The standard InChI is InChI=1S/C17H12ClNO2/c1-10-14(17(20)21)12-8-5-9-13(18)16(12)19-15(10)11-6-3-2-4-7-11/h2-9H,1H3,(H,20,21). The van der Waals surface area contributed by atoms with E-state index in [1.165, 1.54) is 0 Å². The van der Waals surface area contributed by atoms with Crippen LogP contribution in [0.3, 0.4) is 0 Å². The summed E-state index contributed by atoms with van der Waals surface area (Å²) in [6, 6.07) is 14.7. The predicted octanol–water partition coefficient (Wildman–Crippen LogP) is 4.56. The number of nitrogens with zero attached hydrogens (tertiary/aromatic N) is 1. The Kier molecular flexibility index (Phi) is 3.35. The number of carbonyl (C=O) groups is 1. The number of fused-ring (bicyclic) bond motifs is 1. The molecule has 1 heterocycles. The summed E-state index contributed by atoms with van der Waals surface area (Å²) in [5.74, 6) is -0.973. The molecule has 0 amide bonds. The van der Waals surface area contributed by atoms with E-state index in [4.69, 9.17) is 11.6 Å². The van der Waals surface area contributed by atoms with Crippen molar-refractivity contribution >= 4 is 28.5 Å². The lowest BCUT2D eigenvalue weighted by atomic mass is 9.98. The van der Waals surface area contributed by atoms with E-state index in [-0.39, 0.29) is 5.56 Å². The Hall–Kier alpha value is -2.39. The highest BCUT2D eigenvalue weighted by Gasteiger charge is 2.19. The molecule has 0 atom stereocenters. The quantitative estimate of drug-likeness (QED) is 0.754. The number of hydrogen-bond donors (Lipinski definition) is 1. The largest absolute Gasteiger partial charge is 0.478 e. The average Bonchev–Trinajstić information content (AvgIpc) is 2.47. The molecule has 2 aromatic carbocycles. The monoisotopic (exact) mass is 297 g/mol. The Morgan fingerprint density at radius 3 is 2.48 bits per heavy atom. The van der Waals surface area contributed by atoms with E-state index in [9.17, 15) is 9.90 Å². The van der Waals surface area contributed by atoms with Gasteiger partial charge in [-0.05, 0) is 18.6 Å². The molecule has 104 valence electrons. The van der Waals surface area contributed by atoms with Crippen LogP contribution in [0.15, 0.2) is 48.5 Å². The number of aromatic carboxylic acids is 1. The first-order valence-electron chi connectivity index (χ1n) is 6.47. The van der Waals surface area contributed by atoms with Crippen molar-refractivity contribution in [3.63, 3.8) is 0 Å². The van der Waals surface area contributed by atoms with Crippen LogP contribution in [-0.2, 0) is 0 Å². The van der Waals surface area contributed by atoms with Crippen molar-refractivity contribution in [1.82, 2.24) is 4.98 Å². The van der Waals surface area contributed by atoms with Gasteiger partial charge in [0.1, 0.15) is 0 Å². The Labute approximate surface area is 126 Å². The first kappa shape index (κ1) is 13.6. The molecule has 21 heavy (non-hydrogen) atoms. The summed E-state index contributed by atoms with van der Waals surface area (Å²) < 4.78 is 0. The third-order valence-electron chi connectivity index (χ3n) is 3.47. The Morgan fingerprint density at radius 2 is 1.81 bits per heavy atom. The van der Waals surface area contributed by atoms with E-state index in [0.29, 0.717) is 27.2 Å². The summed E-state index contributed by atoms with van der Waals surface area (Å²) in [5.41, 5.74) is 2.93. The van der Waals surface area contributed by atoms with Gasteiger partial charge >= 0.3 is 5.97 Å². The number of benzene rings is 2. The molecule has 0 radical (unpaired) electrons. The van der Waals surface area contributed by atoms with Crippen molar-refractivity contribution in [1.29, 1.82) is 0 Å². The summed E-state index contributed by atoms with van der Waals surface area (Å²) in [5, 5.41) is 10.6. The van der Waals surface area contributed by atoms with Crippen LogP contribution in [0.5, 0.6) is 0 Å². The Morgan fingerprint density at radius 1 is 1.10 bits per heavy atom. The second kappa shape index (κ2) is 5.19. The number of carboxylic acid groups (broad SMARTS) is 1. The fraction of sp³-hybridized carbons (Fsp3) is 0.0588. The fourth-order valence-corrected chi connectivity index (χ4v) is 2.72. The van der Waals surface area contributed by atoms with Crippen LogP contribution in [-0.4, -0.2) is 16.1 Å². The van der Waals surface area contributed by atoms with Gasteiger partial charge in [-0.1, -0.05) is 54.1 Å². The van der Waals surface area contributed by atoms with Crippen LogP contribution in [0.25, 0.3) is 22.2 Å². The van der Waals surface area contributed by atoms with Crippen LogP contribution in [0.1, 0.15) is 15.9 Å². The zero-order chi connectivity index (χ0) is 15.0. The Balaban J connectivity index is 2.45. The van der Waals surface area contributed by atoms with Crippen molar-refractivity contribution in [3.8, 4) is 11.3 Å². The van der Waals surface area contributed by atoms with Crippen LogP contribution in [0.2, 0.25) is 5.02 Å². The number of hydrogen-bond acceptors (Lipinski definition) is 2. The summed E-state index contributed by atoms with van der Waals surface area (Å²) in [7, 11) is 0. The van der Waals surface area contributed by atoms with Crippen LogP contribution >= 0.6 is 11.6 Å². The van der Waals surface area contributed by atoms with Crippen LogP contribution < -0.4 is 0 Å². The van der Waals surface area contributed by atoms with E-state index in [0.717, 1.165) is 5.56 Å². The van der Waals surface area contributed by atoms with Crippen molar-refractivity contribution < 1.29 is 9.90 Å². The summed E-state index contributed by atoms with van der Waals surface area (Å²) in [6.45, 7) is 1.78. The van der Waals surface area contributed by atoms with E-state index >= 15 is 0 Å². The summed E-state index contributed by atoms with van der Waals surface area (Å²) >= 11 is 6.19. The molecule has 3 rings (SSSR count). The third kappa shape index (κ3) is 2.26. The van der Waals surface area contributed by atoms with Gasteiger partial charge in [-0.3, -0.25) is 0 Å². The SMILES string of the molecule is Cc1c(-c2ccccc2)nc2c(Cl)cccc2c1C(=O)O. The van der Waals surface area contributed by atoms with Gasteiger partial charge in [0.05, 0.1) is 21.8 Å². The van der Waals surface area contributed by atoms with Gasteiger partial charge in [0.15, 0.2) is 0 Å². The molecule has 0 aliphatic heterocycles. The van der Waals surface area contributed by atoms with Crippen molar-refractivity contribution in [3.05, 3.63) is 64.7 Å². The number of pyridine rings is 1. The molecular weight excluding hydrogens is 286 g/mol. The maximum atomic E-state index is 11.7. The highest BCUT2D eigenvalue weighted by Crippen LogP contribution is 2.32. The minimum atomic E-state index is -0.973. The lowest BCUT2D eigenvalue weighted by molar-refractivity contribution is 0.0698. The second-order valence-electron chi connectivity index (χ2n) is 4.77. The summed E-state index contributed by atoms with van der Waals surface area (Å²) in [6.07, 6.45) is 0. The smallest absolute Gasteiger partial charge is 0.336 e.